The highest BCUT2D eigenvalue weighted by Crippen LogP contribution is 2.26. The van der Waals surface area contributed by atoms with Crippen LogP contribution in [0.2, 0.25) is 0 Å². The Morgan fingerprint density at radius 3 is 2.96 bits per heavy atom. The minimum Gasteiger partial charge on any atom is -0.392 e. The lowest BCUT2D eigenvalue weighted by atomic mass is 10.1. The quantitative estimate of drug-likeness (QED) is 0.934. The number of nitrogens with zero attached hydrogens (tertiary/aromatic N) is 4. The van der Waals surface area contributed by atoms with Crippen LogP contribution < -0.4 is 0 Å². The van der Waals surface area contributed by atoms with Crippen LogP contribution in [0.3, 0.4) is 0 Å². The molecule has 5 nitrogen and oxygen atoms in total. The SMILES string of the molecule is Cc1ccnc(-n2cccc2CN2C[C@H]3C[C@@H](O)CN3C[C@@H]2C)c1. The van der Waals surface area contributed by atoms with Gasteiger partial charge in [0.15, 0.2) is 0 Å². The van der Waals surface area contributed by atoms with Crippen LogP contribution in [0.25, 0.3) is 5.82 Å². The molecule has 0 radical (unpaired) electrons. The summed E-state index contributed by atoms with van der Waals surface area (Å²) in [5, 5.41) is 9.94. The lowest BCUT2D eigenvalue weighted by Crippen LogP contribution is -2.54. The second kappa shape index (κ2) is 6.31. The van der Waals surface area contributed by atoms with Gasteiger partial charge in [-0.2, -0.15) is 0 Å². The van der Waals surface area contributed by atoms with Gasteiger partial charge < -0.3 is 9.67 Å². The predicted octanol–water partition coefficient (Wildman–Crippen LogP) is 1.82. The van der Waals surface area contributed by atoms with Crippen molar-refractivity contribution in [3.8, 4) is 5.82 Å². The van der Waals surface area contributed by atoms with Crippen molar-refractivity contribution in [1.82, 2.24) is 19.4 Å². The minimum atomic E-state index is -0.150. The molecule has 1 N–H and O–H groups in total. The monoisotopic (exact) mass is 326 g/mol. The van der Waals surface area contributed by atoms with Gasteiger partial charge in [0.25, 0.3) is 0 Å². The molecule has 128 valence electrons. The number of hydrogen-bond donors (Lipinski definition) is 1. The van der Waals surface area contributed by atoms with Gasteiger partial charge in [0.2, 0.25) is 0 Å². The van der Waals surface area contributed by atoms with E-state index in [9.17, 15) is 5.11 Å². The van der Waals surface area contributed by atoms with Crippen molar-refractivity contribution in [3.05, 3.63) is 47.9 Å². The number of rotatable bonds is 3. The Labute approximate surface area is 143 Å². The molecule has 0 aromatic carbocycles. The Balaban J connectivity index is 1.53. The fourth-order valence-corrected chi connectivity index (χ4v) is 4.13. The molecule has 0 saturated carbocycles. The van der Waals surface area contributed by atoms with Gasteiger partial charge in [-0.05, 0) is 50.1 Å². The largest absolute Gasteiger partial charge is 0.392 e. The molecule has 3 atom stereocenters. The highest BCUT2D eigenvalue weighted by molar-refractivity contribution is 5.31. The first-order valence-electron chi connectivity index (χ1n) is 8.85. The summed E-state index contributed by atoms with van der Waals surface area (Å²) in [6.07, 6.45) is 4.72. The second-order valence-electron chi connectivity index (χ2n) is 7.34. The summed E-state index contributed by atoms with van der Waals surface area (Å²) in [6, 6.07) is 9.43. The first-order valence-corrected chi connectivity index (χ1v) is 8.85. The van der Waals surface area contributed by atoms with Crippen molar-refractivity contribution < 1.29 is 5.11 Å². The zero-order valence-electron chi connectivity index (χ0n) is 14.5. The molecule has 4 rings (SSSR count). The topological polar surface area (TPSA) is 44.5 Å². The summed E-state index contributed by atoms with van der Waals surface area (Å²) in [5.74, 6) is 0.984. The lowest BCUT2D eigenvalue weighted by molar-refractivity contribution is 0.0517. The van der Waals surface area contributed by atoms with Crippen LogP contribution in [0.1, 0.15) is 24.6 Å². The Morgan fingerprint density at radius 1 is 1.25 bits per heavy atom. The van der Waals surface area contributed by atoms with Crippen LogP contribution in [0.4, 0.5) is 0 Å². The summed E-state index contributed by atoms with van der Waals surface area (Å²) in [7, 11) is 0. The number of aryl methyl sites for hydroxylation is 1. The first-order chi connectivity index (χ1) is 11.6. The van der Waals surface area contributed by atoms with Gasteiger partial charge in [-0.1, -0.05) is 0 Å². The standard InChI is InChI=1S/C19H26N4O/c1-14-5-6-20-19(8-14)23-7-3-4-16(23)11-21-12-17-9-18(24)13-22(17)10-15(21)2/h3-8,15,17-18,24H,9-13H2,1-2H3/t15-,17+,18+/m0/s1. The van der Waals surface area contributed by atoms with E-state index < -0.39 is 0 Å². The molecule has 24 heavy (non-hydrogen) atoms. The maximum absolute atomic E-state index is 9.94. The van der Waals surface area contributed by atoms with E-state index >= 15 is 0 Å². The molecule has 2 aliphatic heterocycles. The lowest BCUT2D eigenvalue weighted by Gasteiger charge is -2.42. The third-order valence-corrected chi connectivity index (χ3v) is 5.42. The molecular weight excluding hydrogens is 300 g/mol. The molecule has 2 aromatic heterocycles. The Bertz CT molecular complexity index is 713. The van der Waals surface area contributed by atoms with Gasteiger partial charge in [0.1, 0.15) is 5.82 Å². The van der Waals surface area contributed by atoms with Crippen molar-refractivity contribution in [3.63, 3.8) is 0 Å². The number of fused-ring (bicyclic) bond motifs is 1. The third-order valence-electron chi connectivity index (χ3n) is 5.42. The maximum atomic E-state index is 9.94. The molecular formula is C19H26N4O. The Kier molecular flexibility index (Phi) is 4.16. The molecule has 0 aliphatic carbocycles. The molecule has 2 aromatic rings. The number of hydrogen-bond acceptors (Lipinski definition) is 4. The van der Waals surface area contributed by atoms with Crippen LogP contribution in [0, 0.1) is 6.92 Å². The van der Waals surface area contributed by atoms with Gasteiger partial charge in [-0.3, -0.25) is 9.80 Å². The van der Waals surface area contributed by atoms with Crippen LogP contribution in [-0.4, -0.2) is 62.3 Å². The minimum absolute atomic E-state index is 0.150. The second-order valence-corrected chi connectivity index (χ2v) is 7.34. The Hall–Kier alpha value is -1.69. The van der Waals surface area contributed by atoms with Crippen molar-refractivity contribution in [2.24, 2.45) is 0 Å². The van der Waals surface area contributed by atoms with E-state index in [1.807, 2.05) is 12.3 Å². The number of pyridine rings is 1. The fourth-order valence-electron chi connectivity index (χ4n) is 4.13. The number of piperazine rings is 1. The van der Waals surface area contributed by atoms with Crippen LogP contribution >= 0.6 is 0 Å². The van der Waals surface area contributed by atoms with Crippen LogP contribution in [0.15, 0.2) is 36.7 Å². The van der Waals surface area contributed by atoms with E-state index in [0.29, 0.717) is 12.1 Å². The summed E-state index contributed by atoms with van der Waals surface area (Å²) in [5.41, 5.74) is 2.49. The Morgan fingerprint density at radius 2 is 2.12 bits per heavy atom. The molecule has 0 bridgehead atoms. The summed E-state index contributed by atoms with van der Waals surface area (Å²) < 4.78 is 2.19. The van der Waals surface area contributed by atoms with Gasteiger partial charge in [0, 0.05) is 56.4 Å². The molecule has 0 amide bonds. The molecule has 4 heterocycles. The van der Waals surface area contributed by atoms with Crippen molar-refractivity contribution in [1.29, 1.82) is 0 Å². The molecule has 2 saturated heterocycles. The van der Waals surface area contributed by atoms with Crippen molar-refractivity contribution >= 4 is 0 Å². The highest BCUT2D eigenvalue weighted by Gasteiger charge is 2.38. The normalized spacial score (nSPS) is 28.2. The average molecular weight is 326 g/mol. The van der Waals surface area contributed by atoms with E-state index in [1.54, 1.807) is 0 Å². The summed E-state index contributed by atoms with van der Waals surface area (Å²) >= 11 is 0. The number of aliphatic hydroxyl groups is 1. The van der Waals surface area contributed by atoms with Gasteiger partial charge >= 0.3 is 0 Å². The van der Waals surface area contributed by atoms with Gasteiger partial charge in [-0.25, -0.2) is 4.98 Å². The highest BCUT2D eigenvalue weighted by atomic mass is 16.3. The summed E-state index contributed by atoms with van der Waals surface area (Å²) in [6.45, 7) is 8.23. The van der Waals surface area contributed by atoms with E-state index in [-0.39, 0.29) is 6.10 Å². The van der Waals surface area contributed by atoms with Crippen LogP contribution in [-0.2, 0) is 6.54 Å². The van der Waals surface area contributed by atoms with Crippen LogP contribution in [0.5, 0.6) is 0 Å². The first kappa shape index (κ1) is 15.8. The maximum Gasteiger partial charge on any atom is 0.137 e. The van der Waals surface area contributed by atoms with Gasteiger partial charge in [0.05, 0.1) is 6.10 Å². The number of aliphatic hydroxyl groups excluding tert-OH is 1. The molecule has 0 unspecified atom stereocenters. The third kappa shape index (κ3) is 2.99. The van der Waals surface area contributed by atoms with Gasteiger partial charge in [-0.15, -0.1) is 0 Å². The van der Waals surface area contributed by atoms with Crippen molar-refractivity contribution in [2.45, 2.75) is 45.0 Å². The van der Waals surface area contributed by atoms with E-state index in [1.165, 1.54) is 11.3 Å². The zero-order chi connectivity index (χ0) is 16.7. The molecule has 2 fully saturated rings. The summed E-state index contributed by atoms with van der Waals surface area (Å²) in [4.78, 5) is 9.51. The smallest absolute Gasteiger partial charge is 0.137 e. The average Bonchev–Trinajstić information content (AvgIpc) is 3.13. The predicted molar refractivity (Wildman–Crippen MR) is 94.2 cm³/mol. The number of aromatic nitrogens is 2. The van der Waals surface area contributed by atoms with Crippen molar-refractivity contribution in [2.75, 3.05) is 19.6 Å². The molecule has 5 heteroatoms. The molecule has 2 aliphatic rings. The molecule has 0 spiro atoms. The van der Waals surface area contributed by atoms with E-state index in [0.717, 1.165) is 38.4 Å². The fraction of sp³-hybridized carbons (Fsp3) is 0.526. The van der Waals surface area contributed by atoms with E-state index in [4.69, 9.17) is 0 Å². The van der Waals surface area contributed by atoms with E-state index in [2.05, 4.69) is 57.6 Å². The zero-order valence-corrected chi connectivity index (χ0v) is 14.5.